The molecular formula is C25H24N2O2S. The molecule has 2 N–H and O–H groups in total. The summed E-state index contributed by atoms with van der Waals surface area (Å²) in [4.78, 5) is 24.7. The number of nitrogens with one attached hydrogen (secondary N) is 2. The van der Waals surface area contributed by atoms with Gasteiger partial charge in [-0.25, -0.2) is 0 Å². The zero-order valence-corrected chi connectivity index (χ0v) is 17.6. The van der Waals surface area contributed by atoms with E-state index < -0.39 is 16.8 Å². The summed E-state index contributed by atoms with van der Waals surface area (Å²) in [5.41, 5.74) is 3.38. The summed E-state index contributed by atoms with van der Waals surface area (Å²) in [6.07, 6.45) is 0. The molecule has 1 heterocycles. The van der Waals surface area contributed by atoms with E-state index in [1.54, 1.807) is 18.7 Å². The summed E-state index contributed by atoms with van der Waals surface area (Å²) in [6.45, 7) is 1.69. The van der Waals surface area contributed by atoms with Crippen molar-refractivity contribution in [2.75, 3.05) is 5.75 Å². The number of carbonyl (C=O) groups is 2. The Morgan fingerprint density at radius 1 is 0.700 bits per heavy atom. The second-order valence-electron chi connectivity index (χ2n) is 7.38. The van der Waals surface area contributed by atoms with E-state index >= 15 is 0 Å². The average molecular weight is 417 g/mol. The van der Waals surface area contributed by atoms with Crippen LogP contribution in [-0.2, 0) is 14.3 Å². The highest BCUT2D eigenvalue weighted by molar-refractivity contribution is 8.00. The van der Waals surface area contributed by atoms with Crippen LogP contribution < -0.4 is 10.6 Å². The molecule has 0 bridgehead atoms. The molecule has 0 aliphatic carbocycles. The molecule has 30 heavy (non-hydrogen) atoms. The maximum absolute atomic E-state index is 12.5. The smallest absolute Gasteiger partial charge is 0.244 e. The maximum Gasteiger partial charge on any atom is 0.244 e. The third-order valence-electron chi connectivity index (χ3n) is 5.39. The first kappa shape index (κ1) is 20.2. The molecular weight excluding hydrogens is 392 g/mol. The molecule has 152 valence electrons. The molecule has 5 heteroatoms. The fourth-order valence-corrected chi connectivity index (χ4v) is 5.40. The van der Waals surface area contributed by atoms with Crippen molar-refractivity contribution >= 4 is 23.6 Å². The van der Waals surface area contributed by atoms with Gasteiger partial charge in [-0.15, -0.1) is 11.8 Å². The van der Waals surface area contributed by atoms with Crippen LogP contribution in [0.2, 0.25) is 0 Å². The quantitative estimate of drug-likeness (QED) is 0.602. The van der Waals surface area contributed by atoms with Gasteiger partial charge in [0.15, 0.2) is 0 Å². The Labute approximate surface area is 181 Å². The van der Waals surface area contributed by atoms with E-state index in [-0.39, 0.29) is 11.8 Å². The minimum atomic E-state index is -0.575. The summed E-state index contributed by atoms with van der Waals surface area (Å²) >= 11 is 1.67. The van der Waals surface area contributed by atoms with Crippen LogP contribution in [0.15, 0.2) is 91.0 Å². The molecule has 4 nitrogen and oxygen atoms in total. The van der Waals surface area contributed by atoms with Gasteiger partial charge in [0.25, 0.3) is 0 Å². The summed E-state index contributed by atoms with van der Waals surface area (Å²) in [6, 6.07) is 29.9. The van der Waals surface area contributed by atoms with Gasteiger partial charge in [-0.2, -0.15) is 0 Å². The van der Waals surface area contributed by atoms with Crippen LogP contribution in [0.4, 0.5) is 0 Å². The second-order valence-corrected chi connectivity index (χ2v) is 8.62. The number of benzene rings is 3. The van der Waals surface area contributed by atoms with Crippen LogP contribution in [0.3, 0.4) is 0 Å². The van der Waals surface area contributed by atoms with Gasteiger partial charge in [0.2, 0.25) is 11.8 Å². The van der Waals surface area contributed by atoms with Crippen molar-refractivity contribution in [3.63, 3.8) is 0 Å². The number of rotatable bonds is 6. The molecule has 1 saturated heterocycles. The number of piperazine rings is 1. The van der Waals surface area contributed by atoms with Crippen LogP contribution in [-0.4, -0.2) is 29.7 Å². The van der Waals surface area contributed by atoms with Crippen LogP contribution >= 0.6 is 11.8 Å². The van der Waals surface area contributed by atoms with E-state index in [1.165, 1.54) is 0 Å². The Morgan fingerprint density at radius 2 is 1.13 bits per heavy atom. The number of amides is 2. The highest BCUT2D eigenvalue weighted by Crippen LogP contribution is 2.48. The lowest BCUT2D eigenvalue weighted by atomic mass is 9.84. The zero-order valence-electron chi connectivity index (χ0n) is 16.7. The van der Waals surface area contributed by atoms with Crippen molar-refractivity contribution in [3.8, 4) is 0 Å². The molecule has 3 aromatic carbocycles. The van der Waals surface area contributed by atoms with Crippen molar-refractivity contribution in [2.24, 2.45) is 0 Å². The van der Waals surface area contributed by atoms with E-state index in [2.05, 4.69) is 47.0 Å². The molecule has 0 radical (unpaired) electrons. The highest BCUT2D eigenvalue weighted by atomic mass is 32.2. The molecule has 1 fully saturated rings. The molecule has 0 saturated carbocycles. The van der Waals surface area contributed by atoms with Crippen LogP contribution in [0.1, 0.15) is 23.6 Å². The summed E-state index contributed by atoms with van der Waals surface area (Å²) < 4.78 is -0.516. The topological polar surface area (TPSA) is 58.2 Å². The van der Waals surface area contributed by atoms with Gasteiger partial charge in [0, 0.05) is 5.75 Å². The summed E-state index contributed by atoms with van der Waals surface area (Å²) in [7, 11) is 0. The molecule has 3 aromatic rings. The molecule has 2 amide bonds. The van der Waals surface area contributed by atoms with Crippen LogP contribution in [0, 0.1) is 0 Å². The van der Waals surface area contributed by atoms with Gasteiger partial charge >= 0.3 is 0 Å². The van der Waals surface area contributed by atoms with Crippen molar-refractivity contribution in [1.82, 2.24) is 10.6 Å². The molecule has 1 unspecified atom stereocenters. The van der Waals surface area contributed by atoms with Gasteiger partial charge in [-0.1, -0.05) is 91.0 Å². The first-order chi connectivity index (χ1) is 14.6. The molecule has 1 aliphatic heterocycles. The van der Waals surface area contributed by atoms with Gasteiger partial charge in [-0.05, 0) is 23.6 Å². The van der Waals surface area contributed by atoms with Crippen LogP contribution in [0.5, 0.6) is 0 Å². The first-order valence-corrected chi connectivity index (χ1v) is 11.0. The minimum absolute atomic E-state index is 0.141. The van der Waals surface area contributed by atoms with Gasteiger partial charge in [0.1, 0.15) is 12.1 Å². The third kappa shape index (κ3) is 3.85. The Balaban J connectivity index is 1.79. The molecule has 1 aliphatic rings. The van der Waals surface area contributed by atoms with E-state index in [0.29, 0.717) is 5.75 Å². The minimum Gasteiger partial charge on any atom is -0.343 e. The van der Waals surface area contributed by atoms with Crippen molar-refractivity contribution in [3.05, 3.63) is 108 Å². The third-order valence-corrected chi connectivity index (χ3v) is 7.03. The predicted octanol–water partition coefficient (Wildman–Crippen LogP) is 3.71. The van der Waals surface area contributed by atoms with Crippen molar-refractivity contribution < 1.29 is 9.59 Å². The Kier molecular flexibility index (Phi) is 5.91. The van der Waals surface area contributed by atoms with Gasteiger partial charge in [-0.3, -0.25) is 9.59 Å². The Hall–Kier alpha value is -3.05. The standard InChI is InChI=1S/C25H24N2O2S/c1-18-23(28)27-22(24(29)26-18)17-30-25(19-11-5-2-6-12-19,20-13-7-3-8-14-20)21-15-9-4-10-16-21/h2-16,18,22H,17H2,1H3,(H,26,29)(H,27,28)/t18?,22-/m0/s1. The molecule has 4 rings (SSSR count). The monoisotopic (exact) mass is 416 g/mol. The number of hydrogen-bond donors (Lipinski definition) is 2. The molecule has 0 aromatic heterocycles. The fraction of sp³-hybridized carbons (Fsp3) is 0.200. The fourth-order valence-electron chi connectivity index (χ4n) is 3.84. The molecule has 2 atom stereocenters. The highest BCUT2D eigenvalue weighted by Gasteiger charge is 2.39. The van der Waals surface area contributed by atoms with Crippen LogP contribution in [0.25, 0.3) is 0 Å². The van der Waals surface area contributed by atoms with Gasteiger partial charge < -0.3 is 10.6 Å². The van der Waals surface area contributed by atoms with Crippen molar-refractivity contribution in [1.29, 1.82) is 0 Å². The second kappa shape index (κ2) is 8.76. The van der Waals surface area contributed by atoms with Crippen molar-refractivity contribution in [2.45, 2.75) is 23.8 Å². The normalized spacial score (nSPS) is 19.1. The van der Waals surface area contributed by atoms with E-state index in [9.17, 15) is 9.59 Å². The SMILES string of the molecule is CC1NC(=O)[C@H](CSC(c2ccccc2)(c2ccccc2)c2ccccc2)NC1=O. The summed E-state index contributed by atoms with van der Waals surface area (Å²) in [5.74, 6) is 0.158. The van der Waals surface area contributed by atoms with E-state index in [1.807, 2.05) is 54.6 Å². The van der Waals surface area contributed by atoms with E-state index in [0.717, 1.165) is 16.7 Å². The lowest BCUT2D eigenvalue weighted by Gasteiger charge is -2.37. The van der Waals surface area contributed by atoms with Gasteiger partial charge in [0.05, 0.1) is 4.75 Å². The lowest BCUT2D eigenvalue weighted by Crippen LogP contribution is -2.61. The van der Waals surface area contributed by atoms with E-state index in [4.69, 9.17) is 0 Å². The lowest BCUT2D eigenvalue weighted by molar-refractivity contribution is -0.135. The predicted molar refractivity (Wildman–Crippen MR) is 121 cm³/mol. The number of carbonyl (C=O) groups excluding carboxylic acids is 2. The maximum atomic E-state index is 12.5. The average Bonchev–Trinajstić information content (AvgIpc) is 2.80. The summed E-state index contributed by atoms with van der Waals surface area (Å²) in [5, 5.41) is 5.64. The Morgan fingerprint density at radius 3 is 1.57 bits per heavy atom. The zero-order chi connectivity index (χ0) is 21.0. The Bertz CT molecular complexity index is 912. The number of hydrogen-bond acceptors (Lipinski definition) is 3. The number of thioether (sulfide) groups is 1. The first-order valence-electron chi connectivity index (χ1n) is 10.0. The largest absolute Gasteiger partial charge is 0.343 e. The molecule has 0 spiro atoms.